The Morgan fingerprint density at radius 1 is 0.412 bits per heavy atom. The first-order valence-corrected chi connectivity index (χ1v) is 50.4. The second kappa shape index (κ2) is 63.3. The lowest BCUT2D eigenvalue weighted by atomic mass is 9.32. The highest BCUT2D eigenvalue weighted by Gasteiger charge is 2.72. The van der Waals surface area contributed by atoms with Crippen LogP contribution in [0.25, 0.3) is 0 Å². The Bertz CT molecular complexity index is 3390. The Morgan fingerprint density at radius 3 is 1.10 bits per heavy atom. The summed E-state index contributed by atoms with van der Waals surface area (Å²) in [6.07, 6.45) is 37.9. The lowest BCUT2D eigenvalue weighted by molar-refractivity contribution is -0.248. The SMILES string of the molecule is C=C(C)C1CC[C@]2(C(=O)NCCCCCCCC(=O)NC(CC(C)C)C(=O)OC)CC[C@]3(C)[C@H](CCC4[C@@]5(C)CC[C@H](OC(C)=O)C(C)(C)[C@@H]5CC[C@]43C)[C@@H]12.CC(C)(C)OC(=O)NCCCCCCCC(=O)O.COC(=O)C(CC(C)C)NC(=O)CCCCCCCN.COC(=O)C(CC(C)C)NC(=O)CCCCCCCNC(=O)OC(C)(C)C.NCCCCCCCC(=O)O. The van der Waals surface area contributed by atoms with Gasteiger partial charge in [-0.15, -0.1) is 0 Å². The van der Waals surface area contributed by atoms with E-state index >= 15 is 0 Å². The van der Waals surface area contributed by atoms with Crippen molar-refractivity contribution >= 4 is 71.6 Å². The number of esters is 4. The summed E-state index contributed by atoms with van der Waals surface area (Å²) >= 11 is 0. The summed E-state index contributed by atoms with van der Waals surface area (Å²) in [7, 11) is 4.04. The zero-order valence-electron chi connectivity index (χ0n) is 86.0. The molecule has 0 aromatic carbocycles. The van der Waals surface area contributed by atoms with Crippen LogP contribution in [0.5, 0.6) is 0 Å². The van der Waals surface area contributed by atoms with Crippen molar-refractivity contribution in [2.75, 3.05) is 54.1 Å². The highest BCUT2D eigenvalue weighted by atomic mass is 16.6. The van der Waals surface area contributed by atoms with E-state index in [9.17, 15) is 57.5 Å². The molecular weight excluding hydrogens is 1670 g/mol. The topological polar surface area (TPSA) is 425 Å². The third-order valence-corrected chi connectivity index (χ3v) is 27.9. The van der Waals surface area contributed by atoms with Crippen molar-refractivity contribution in [2.45, 2.75) is 443 Å². The van der Waals surface area contributed by atoms with Crippen LogP contribution in [-0.4, -0.2) is 171 Å². The van der Waals surface area contributed by atoms with Crippen molar-refractivity contribution in [1.29, 1.82) is 0 Å². The van der Waals surface area contributed by atoms with Gasteiger partial charge in [-0.3, -0.25) is 33.6 Å². The van der Waals surface area contributed by atoms with Gasteiger partial charge in [-0.05, 0) is 273 Å². The zero-order valence-corrected chi connectivity index (χ0v) is 86.0. The third kappa shape index (κ3) is 46.3. The normalized spacial score (nSPS) is 22.7. The van der Waals surface area contributed by atoms with E-state index in [-0.39, 0.29) is 99.2 Å². The number of fused-ring (bicyclic) bond motifs is 7. The second-order valence-corrected chi connectivity index (χ2v) is 42.7. The molecule has 5 saturated carbocycles. The number of amides is 6. The molecular formula is C103H188N8O20. The van der Waals surface area contributed by atoms with E-state index in [1.807, 2.05) is 83.1 Å². The van der Waals surface area contributed by atoms with E-state index in [1.54, 1.807) is 6.92 Å². The highest BCUT2D eigenvalue weighted by molar-refractivity contribution is 5.86. The molecule has 28 heteroatoms. The molecule has 131 heavy (non-hydrogen) atoms. The van der Waals surface area contributed by atoms with Gasteiger partial charge in [0.25, 0.3) is 0 Å². The van der Waals surface area contributed by atoms with Crippen LogP contribution in [0, 0.1) is 74.4 Å². The number of unbranched alkanes of at least 4 members (excludes halogenated alkanes) is 20. The molecule has 0 aromatic heterocycles. The number of ether oxygens (including phenoxy) is 6. The van der Waals surface area contributed by atoms with Gasteiger partial charge >= 0.3 is 48.0 Å². The van der Waals surface area contributed by atoms with Crippen molar-refractivity contribution in [1.82, 2.24) is 31.9 Å². The molecule has 0 aromatic rings. The number of aliphatic carboxylic acids is 2. The number of carbonyl (C=O) groups excluding carboxylic acids is 10. The van der Waals surface area contributed by atoms with Gasteiger partial charge in [0, 0.05) is 64.1 Å². The number of alkyl carbamates (subject to hydrolysis) is 2. The van der Waals surface area contributed by atoms with Gasteiger partial charge in [0.2, 0.25) is 23.6 Å². The number of carboxylic acids is 2. The van der Waals surface area contributed by atoms with Crippen molar-refractivity contribution in [3.8, 4) is 0 Å². The Labute approximate surface area is 790 Å². The molecule has 28 nitrogen and oxygen atoms in total. The van der Waals surface area contributed by atoms with Gasteiger partial charge in [0.1, 0.15) is 35.4 Å². The van der Waals surface area contributed by atoms with Crippen LogP contribution in [-0.2, 0) is 76.4 Å². The predicted octanol–water partition coefficient (Wildman–Crippen LogP) is 19.6. The molecule has 0 heterocycles. The molecule has 0 aliphatic heterocycles. The van der Waals surface area contributed by atoms with Crippen LogP contribution in [0.1, 0.15) is 408 Å². The molecule has 0 bridgehead atoms. The summed E-state index contributed by atoms with van der Waals surface area (Å²) in [4.78, 5) is 141. The monoisotopic (exact) mass is 1860 g/mol. The first-order valence-electron chi connectivity index (χ1n) is 50.4. The number of carboxylic acid groups (broad SMARTS) is 2. The molecule has 0 spiro atoms. The zero-order chi connectivity index (χ0) is 99.4. The Hall–Kier alpha value is -7.10. The minimum absolute atomic E-state index is 0.00989. The number of carbonyl (C=O) groups is 12. The molecule has 5 rings (SSSR count). The summed E-state index contributed by atoms with van der Waals surface area (Å²) in [5.41, 5.74) is 11.3. The van der Waals surface area contributed by atoms with Crippen LogP contribution >= 0.6 is 0 Å². The lowest BCUT2D eigenvalue weighted by Gasteiger charge is -2.72. The molecule has 0 saturated heterocycles. The van der Waals surface area contributed by atoms with Crippen LogP contribution < -0.4 is 43.4 Å². The van der Waals surface area contributed by atoms with Crippen molar-refractivity contribution in [3.63, 3.8) is 0 Å². The fourth-order valence-corrected chi connectivity index (χ4v) is 21.3. The first kappa shape index (κ1) is 122. The summed E-state index contributed by atoms with van der Waals surface area (Å²) < 4.78 is 30.6. The van der Waals surface area contributed by atoms with E-state index in [1.165, 1.54) is 52.6 Å². The maximum absolute atomic E-state index is 14.5. The fourth-order valence-electron chi connectivity index (χ4n) is 21.3. The Balaban J connectivity index is 0.000000937. The number of hydrogen-bond donors (Lipinski definition) is 10. The first-order chi connectivity index (χ1) is 61.4. The highest BCUT2D eigenvalue weighted by Crippen LogP contribution is 2.78. The Kier molecular flexibility index (Phi) is 58.9. The molecule has 5 aliphatic carbocycles. The van der Waals surface area contributed by atoms with Crippen LogP contribution in [0.15, 0.2) is 12.2 Å². The molecule has 6 amide bonds. The number of nitrogens with two attached hydrogens (primary N) is 2. The van der Waals surface area contributed by atoms with E-state index < -0.39 is 47.2 Å². The summed E-state index contributed by atoms with van der Waals surface area (Å²) in [5.74, 6) is 0.584. The van der Waals surface area contributed by atoms with Gasteiger partial charge in [-0.25, -0.2) is 24.0 Å². The number of allylic oxidation sites excluding steroid dienone is 1. The van der Waals surface area contributed by atoms with Crippen LogP contribution in [0.4, 0.5) is 9.59 Å². The van der Waals surface area contributed by atoms with Crippen LogP contribution in [0.3, 0.4) is 0 Å². The van der Waals surface area contributed by atoms with Crippen molar-refractivity contribution < 1.29 is 96.2 Å². The van der Waals surface area contributed by atoms with Crippen LogP contribution in [0.2, 0.25) is 0 Å². The average Bonchev–Trinajstić information content (AvgIpc) is 1.66. The van der Waals surface area contributed by atoms with Crippen molar-refractivity contribution in [3.05, 3.63) is 12.2 Å². The van der Waals surface area contributed by atoms with Gasteiger partial charge in [-0.2, -0.15) is 0 Å². The standard InChI is InChI=1S/C47H78N2O6.C20H38N2O5.C15H30N2O3.C13H25NO4.C8H17NO2/c1-30(2)29-35(41(52)54-11)49-39(51)17-15-13-12-14-16-28-48-42(53)47-25-20-33(31(3)4)40(47)34-18-19-37-44(8)23-22-38(55-32(5)50)43(6,7)36(44)21-24-46(37,10)45(34,9)26-27-47;1-15(2)14-16(18(24)26-6)22-17(23)12-10-8-7-9-11-13-21-19(25)27-20(3,4)5;1-12(2)11-13(15(19)20-3)17-14(18)9-7-5-4-6-8-10-16;1-13(2,3)18-12(17)14-10-8-6-4-5-7-9-11(15)16;9-7-5-3-1-2-4-6-8(10)11/h30,33-38,40H,3,12-29H2,1-2,4-11H3,(H,48,53)(H,49,51);15-16H,7-14H2,1-6H3,(H,21,25)(H,22,23);12-13H,4-11,16H2,1-3H3,(H,17,18);4-10H2,1-3H3,(H,14,17)(H,15,16);1-7,9H2,(H,10,11)/t33?,34-,35?,36+,37?,38+,40-,44+,45-,46-,47+;;;;/m1..../s1. The minimum Gasteiger partial charge on any atom is -0.481 e. The Morgan fingerprint density at radius 2 is 0.763 bits per heavy atom. The van der Waals surface area contributed by atoms with Gasteiger partial charge in [0.15, 0.2) is 0 Å². The number of methoxy groups -OCH3 is 3. The molecule has 0 radical (unpaired) electrons. The molecule has 13 atom stereocenters. The lowest BCUT2D eigenvalue weighted by Crippen LogP contribution is -2.67. The fraction of sp³-hybridized carbons (Fsp3) is 0.864. The summed E-state index contributed by atoms with van der Waals surface area (Å²) in [5, 5.41) is 34.0. The van der Waals surface area contributed by atoms with Gasteiger partial charge in [0.05, 0.1) is 26.7 Å². The largest absolute Gasteiger partial charge is 0.481 e. The van der Waals surface area contributed by atoms with E-state index in [4.69, 9.17) is 50.1 Å². The molecule has 5 fully saturated rings. The minimum atomic E-state index is -0.735. The van der Waals surface area contributed by atoms with Crippen molar-refractivity contribution in [2.24, 2.45) is 85.9 Å². The predicted molar refractivity (Wildman–Crippen MR) is 518 cm³/mol. The smallest absolute Gasteiger partial charge is 0.407 e. The van der Waals surface area contributed by atoms with E-state index in [2.05, 4.69) is 80.0 Å². The molecule has 5 unspecified atom stereocenters. The van der Waals surface area contributed by atoms with Gasteiger partial charge in [-0.1, -0.05) is 185 Å². The number of nitrogens with one attached hydrogen (secondary N) is 6. The number of rotatable bonds is 53. The second-order valence-electron chi connectivity index (χ2n) is 42.7. The molecule has 12 N–H and O–H groups in total. The molecule has 760 valence electrons. The van der Waals surface area contributed by atoms with E-state index in [0.717, 1.165) is 212 Å². The maximum atomic E-state index is 14.5. The molecule has 5 aliphatic rings. The van der Waals surface area contributed by atoms with E-state index in [0.29, 0.717) is 106 Å². The summed E-state index contributed by atoms with van der Waals surface area (Å²) in [6.45, 7) is 47.3. The van der Waals surface area contributed by atoms with Gasteiger partial charge < -0.3 is 82.0 Å². The average molecular weight is 1860 g/mol. The quantitative estimate of drug-likeness (QED) is 0.0117. The maximum Gasteiger partial charge on any atom is 0.407 e. The third-order valence-electron chi connectivity index (χ3n) is 27.9. The number of hydrogen-bond acceptors (Lipinski definition) is 20. The summed E-state index contributed by atoms with van der Waals surface area (Å²) in [6, 6.07) is -1.68.